The van der Waals surface area contributed by atoms with Gasteiger partial charge in [-0.05, 0) is 13.2 Å². The first-order valence-electron chi connectivity index (χ1n) is 3.87. The van der Waals surface area contributed by atoms with Crippen molar-refractivity contribution in [3.63, 3.8) is 0 Å². The van der Waals surface area contributed by atoms with Gasteiger partial charge >= 0.3 is 0 Å². The molecule has 0 saturated heterocycles. The van der Waals surface area contributed by atoms with E-state index in [1.165, 1.54) is 0 Å². The average molecular weight is 199 g/mol. The number of aryl methyl sites for hydroxylation is 1. The minimum Gasteiger partial charge on any atom is -0.484 e. The van der Waals surface area contributed by atoms with Crippen molar-refractivity contribution in [2.45, 2.75) is 19.0 Å². The number of H-pyrrole nitrogens is 1. The van der Waals surface area contributed by atoms with Crippen LogP contribution >= 0.6 is 11.8 Å². The monoisotopic (exact) mass is 199 g/mol. The summed E-state index contributed by atoms with van der Waals surface area (Å²) in [7, 11) is 1.59. The standard InChI is InChI=1S/C8H13N3OS/c1-5-7(10-6(2)12-3)11-8(9-5)13-4/h1-4H3,(H,9,11)/b10-6+. The molecule has 0 atom stereocenters. The molecule has 1 N–H and O–H groups in total. The van der Waals surface area contributed by atoms with E-state index < -0.39 is 0 Å². The molecule has 0 amide bonds. The van der Waals surface area contributed by atoms with Gasteiger partial charge < -0.3 is 9.72 Å². The summed E-state index contributed by atoms with van der Waals surface area (Å²) >= 11 is 1.56. The van der Waals surface area contributed by atoms with Gasteiger partial charge in [0.15, 0.2) is 16.9 Å². The Morgan fingerprint density at radius 2 is 2.31 bits per heavy atom. The second-order valence-corrected chi connectivity index (χ2v) is 3.32. The highest BCUT2D eigenvalue weighted by Gasteiger charge is 2.04. The zero-order chi connectivity index (χ0) is 9.84. The summed E-state index contributed by atoms with van der Waals surface area (Å²) in [5, 5.41) is 0.875. The predicted octanol–water partition coefficient (Wildman–Crippen LogP) is 2.14. The third kappa shape index (κ3) is 2.48. The van der Waals surface area contributed by atoms with Crippen molar-refractivity contribution >= 4 is 23.5 Å². The van der Waals surface area contributed by atoms with E-state index in [-0.39, 0.29) is 0 Å². The summed E-state index contributed by atoms with van der Waals surface area (Å²) < 4.78 is 4.94. The van der Waals surface area contributed by atoms with E-state index >= 15 is 0 Å². The van der Waals surface area contributed by atoms with Gasteiger partial charge in [0.25, 0.3) is 0 Å². The molecule has 0 aromatic carbocycles. The fourth-order valence-corrected chi connectivity index (χ4v) is 1.26. The van der Waals surface area contributed by atoms with Crippen LogP contribution in [0.2, 0.25) is 0 Å². The molecular weight excluding hydrogens is 186 g/mol. The summed E-state index contributed by atoms with van der Waals surface area (Å²) in [6.45, 7) is 3.74. The van der Waals surface area contributed by atoms with Crippen molar-refractivity contribution in [1.29, 1.82) is 0 Å². The summed E-state index contributed by atoms with van der Waals surface area (Å²) in [6.07, 6.45) is 1.97. The number of hydrogen-bond donors (Lipinski definition) is 1. The van der Waals surface area contributed by atoms with Crippen LogP contribution in [0.4, 0.5) is 5.82 Å². The van der Waals surface area contributed by atoms with Gasteiger partial charge in [-0.25, -0.2) is 4.98 Å². The summed E-state index contributed by atoms with van der Waals surface area (Å²) in [6, 6.07) is 0. The number of ether oxygens (including phenoxy) is 1. The van der Waals surface area contributed by atoms with E-state index in [0.29, 0.717) is 11.7 Å². The van der Waals surface area contributed by atoms with Gasteiger partial charge in [0.05, 0.1) is 12.8 Å². The number of methoxy groups -OCH3 is 1. The van der Waals surface area contributed by atoms with Crippen molar-refractivity contribution in [3.05, 3.63) is 5.69 Å². The molecule has 1 rings (SSSR count). The van der Waals surface area contributed by atoms with Gasteiger partial charge in [-0.3, -0.25) is 0 Å². The number of aliphatic imine (C=N–C) groups is 1. The van der Waals surface area contributed by atoms with E-state index in [1.807, 2.05) is 13.2 Å². The van der Waals surface area contributed by atoms with Gasteiger partial charge in [0.1, 0.15) is 0 Å². The molecule has 0 saturated carbocycles. The minimum atomic E-state index is 0.613. The highest BCUT2D eigenvalue weighted by molar-refractivity contribution is 7.98. The first-order valence-corrected chi connectivity index (χ1v) is 5.09. The predicted molar refractivity (Wildman–Crippen MR) is 54.9 cm³/mol. The number of hydrogen-bond acceptors (Lipinski definition) is 4. The summed E-state index contributed by atoms with van der Waals surface area (Å²) in [5.41, 5.74) is 0.959. The zero-order valence-corrected chi connectivity index (χ0v) is 9.03. The molecule has 1 heterocycles. The van der Waals surface area contributed by atoms with E-state index in [2.05, 4.69) is 15.0 Å². The second kappa shape index (κ2) is 4.32. The smallest absolute Gasteiger partial charge is 0.186 e. The normalized spacial score (nSPS) is 11.8. The van der Waals surface area contributed by atoms with Crippen LogP contribution in [0.1, 0.15) is 12.6 Å². The Kier molecular flexibility index (Phi) is 3.36. The van der Waals surface area contributed by atoms with Crippen LogP contribution in [-0.4, -0.2) is 29.2 Å². The molecule has 0 aliphatic carbocycles. The molecule has 0 aliphatic heterocycles. The number of rotatable bonds is 2. The molecule has 0 unspecified atom stereocenters. The molecule has 13 heavy (non-hydrogen) atoms. The summed E-state index contributed by atoms with van der Waals surface area (Å²) in [5.74, 6) is 1.31. The van der Waals surface area contributed by atoms with E-state index in [9.17, 15) is 0 Å². The molecule has 0 spiro atoms. The van der Waals surface area contributed by atoms with Gasteiger partial charge in [-0.2, -0.15) is 4.99 Å². The van der Waals surface area contributed by atoms with Crippen LogP contribution in [0.15, 0.2) is 10.1 Å². The van der Waals surface area contributed by atoms with Crippen LogP contribution in [0.3, 0.4) is 0 Å². The van der Waals surface area contributed by atoms with Crippen LogP contribution in [-0.2, 0) is 4.74 Å². The lowest BCUT2D eigenvalue weighted by Gasteiger charge is -1.95. The lowest BCUT2D eigenvalue weighted by atomic mass is 10.5. The molecule has 72 valence electrons. The Bertz CT molecular complexity index is 319. The quantitative estimate of drug-likeness (QED) is 0.451. The Balaban J connectivity index is 2.94. The molecule has 0 bridgehead atoms. The van der Waals surface area contributed by atoms with E-state index in [1.54, 1.807) is 25.8 Å². The second-order valence-electron chi connectivity index (χ2n) is 2.53. The Morgan fingerprint density at radius 3 is 2.77 bits per heavy atom. The Hall–Kier alpha value is -0.970. The maximum Gasteiger partial charge on any atom is 0.186 e. The van der Waals surface area contributed by atoms with Crippen LogP contribution in [0.5, 0.6) is 0 Å². The van der Waals surface area contributed by atoms with Gasteiger partial charge in [-0.15, -0.1) is 0 Å². The highest BCUT2D eigenvalue weighted by atomic mass is 32.2. The molecular formula is C8H13N3OS. The van der Waals surface area contributed by atoms with Crippen LogP contribution in [0.25, 0.3) is 0 Å². The first-order chi connectivity index (χ1) is 6.17. The number of nitrogens with zero attached hydrogens (tertiary/aromatic N) is 2. The number of thioether (sulfide) groups is 1. The number of aromatic amines is 1. The molecule has 4 nitrogen and oxygen atoms in total. The molecule has 0 radical (unpaired) electrons. The number of imidazole rings is 1. The Labute approximate surface area is 81.8 Å². The molecule has 1 aromatic heterocycles. The lowest BCUT2D eigenvalue weighted by molar-refractivity contribution is 0.400. The fraction of sp³-hybridized carbons (Fsp3) is 0.500. The van der Waals surface area contributed by atoms with Gasteiger partial charge in [-0.1, -0.05) is 11.8 Å². The molecule has 0 fully saturated rings. The maximum absolute atomic E-state index is 4.94. The zero-order valence-electron chi connectivity index (χ0n) is 8.21. The minimum absolute atomic E-state index is 0.613. The average Bonchev–Trinajstić information content (AvgIpc) is 2.47. The topological polar surface area (TPSA) is 50.3 Å². The van der Waals surface area contributed by atoms with Crippen molar-refractivity contribution in [3.8, 4) is 0 Å². The Morgan fingerprint density at radius 1 is 1.62 bits per heavy atom. The largest absolute Gasteiger partial charge is 0.484 e. The summed E-state index contributed by atoms with van der Waals surface area (Å²) in [4.78, 5) is 11.6. The number of aromatic nitrogens is 2. The maximum atomic E-state index is 4.94. The molecule has 0 aliphatic rings. The molecule has 1 aromatic rings. The van der Waals surface area contributed by atoms with E-state index in [0.717, 1.165) is 10.9 Å². The fourth-order valence-electron chi connectivity index (χ4n) is 0.825. The lowest BCUT2D eigenvalue weighted by Crippen LogP contribution is -1.92. The van der Waals surface area contributed by atoms with Crippen molar-refractivity contribution in [2.24, 2.45) is 4.99 Å². The van der Waals surface area contributed by atoms with Crippen molar-refractivity contribution in [2.75, 3.05) is 13.4 Å². The van der Waals surface area contributed by atoms with Crippen LogP contribution in [0, 0.1) is 6.92 Å². The number of nitrogens with one attached hydrogen (secondary N) is 1. The van der Waals surface area contributed by atoms with Crippen molar-refractivity contribution in [1.82, 2.24) is 9.97 Å². The highest BCUT2D eigenvalue weighted by Crippen LogP contribution is 2.20. The van der Waals surface area contributed by atoms with Crippen molar-refractivity contribution < 1.29 is 4.74 Å². The van der Waals surface area contributed by atoms with Gasteiger partial charge in [0, 0.05) is 6.92 Å². The first kappa shape index (κ1) is 10.1. The SMILES string of the molecule is CO/C(C)=N/c1nc(SC)[nH]c1C. The van der Waals surface area contributed by atoms with E-state index in [4.69, 9.17) is 4.74 Å². The van der Waals surface area contributed by atoms with Crippen LogP contribution < -0.4 is 0 Å². The molecule has 5 heteroatoms. The van der Waals surface area contributed by atoms with Gasteiger partial charge in [0.2, 0.25) is 0 Å². The third-order valence-electron chi connectivity index (χ3n) is 1.59. The third-order valence-corrected chi connectivity index (χ3v) is 2.17.